The minimum Gasteiger partial charge on any atom is -0.507 e. The van der Waals surface area contributed by atoms with Crippen LogP contribution in [0.25, 0.3) is 0 Å². The number of hydrogen-bond donors (Lipinski definition) is 3. The van der Waals surface area contributed by atoms with E-state index in [4.69, 9.17) is 0 Å². The number of phenols is 1. The van der Waals surface area contributed by atoms with Gasteiger partial charge in [0, 0.05) is 18.1 Å². The van der Waals surface area contributed by atoms with E-state index in [2.05, 4.69) is 40.3 Å². The zero-order chi connectivity index (χ0) is 26.2. The highest BCUT2D eigenvalue weighted by atomic mass is 32.1. The number of phenolic OH excluding ortho intramolecular Hbond substituents is 1. The fourth-order valence-electron chi connectivity index (χ4n) is 3.56. The molecular weight excluding hydrogens is 527 g/mol. The van der Waals surface area contributed by atoms with Crippen molar-refractivity contribution in [1.29, 1.82) is 0 Å². The van der Waals surface area contributed by atoms with Gasteiger partial charge in [-0.15, -0.1) is 29.6 Å². The van der Waals surface area contributed by atoms with E-state index in [1.165, 1.54) is 22.7 Å². The first-order valence-electron chi connectivity index (χ1n) is 11.7. The summed E-state index contributed by atoms with van der Waals surface area (Å²) in [7, 11) is 2.49. The minimum atomic E-state index is -0.211. The fourth-order valence-corrected chi connectivity index (χ4v) is 5.58. The predicted octanol–water partition coefficient (Wildman–Crippen LogP) is 3.83. The second-order valence-corrected chi connectivity index (χ2v) is 11.1. The van der Waals surface area contributed by atoms with Crippen LogP contribution in [0.5, 0.6) is 5.75 Å². The molecule has 0 radical (unpaired) electrons. The Morgan fingerprint density at radius 2 is 1.41 bits per heavy atom. The lowest BCUT2D eigenvalue weighted by molar-refractivity contribution is -0.116. The summed E-state index contributed by atoms with van der Waals surface area (Å²) in [6, 6.07) is 13.2. The monoisotopic (exact) mass is 554 g/mol. The maximum Gasteiger partial charge on any atom is 0.230 e. The third-order valence-electron chi connectivity index (χ3n) is 5.53. The summed E-state index contributed by atoms with van der Waals surface area (Å²) in [6.07, 6.45) is 3.72. The van der Waals surface area contributed by atoms with Gasteiger partial charge in [0.05, 0.1) is 12.8 Å². The molecule has 12 heteroatoms. The maximum atomic E-state index is 12.4. The predicted molar refractivity (Wildman–Crippen MR) is 150 cm³/mol. The SMILES string of the molecule is Cc1ccc(CC(=O)Nc2nnc(CCCCc3nnc(NC(=O)Cc4ccccc4)s3)s2)c(P)c1O. The molecule has 4 rings (SSSR count). The summed E-state index contributed by atoms with van der Waals surface area (Å²) >= 11 is 2.75. The number of benzene rings is 2. The molecular formula is C25H27N6O3PS2. The largest absolute Gasteiger partial charge is 0.507 e. The first-order valence-corrected chi connectivity index (χ1v) is 13.9. The smallest absolute Gasteiger partial charge is 0.230 e. The van der Waals surface area contributed by atoms with Crippen molar-refractivity contribution in [2.24, 2.45) is 0 Å². The lowest BCUT2D eigenvalue weighted by Gasteiger charge is -2.09. The van der Waals surface area contributed by atoms with E-state index in [1.54, 1.807) is 6.07 Å². The van der Waals surface area contributed by atoms with Crippen LogP contribution in [0.15, 0.2) is 42.5 Å². The summed E-state index contributed by atoms with van der Waals surface area (Å²) in [5.74, 6) is -0.136. The molecule has 4 aromatic rings. The average Bonchev–Trinajstić information content (AvgIpc) is 3.52. The Morgan fingerprint density at radius 1 is 0.838 bits per heavy atom. The van der Waals surface area contributed by atoms with Gasteiger partial charge in [-0.25, -0.2) is 0 Å². The van der Waals surface area contributed by atoms with Crippen LogP contribution in [0.3, 0.4) is 0 Å². The molecule has 2 heterocycles. The van der Waals surface area contributed by atoms with E-state index in [0.717, 1.165) is 52.4 Å². The number of anilines is 2. The van der Waals surface area contributed by atoms with Crippen LogP contribution < -0.4 is 15.9 Å². The highest BCUT2D eigenvalue weighted by molar-refractivity contribution is 7.28. The molecule has 2 amide bonds. The van der Waals surface area contributed by atoms with Gasteiger partial charge in [0.1, 0.15) is 15.8 Å². The number of aromatic hydroxyl groups is 1. The van der Waals surface area contributed by atoms with Crippen molar-refractivity contribution in [1.82, 2.24) is 20.4 Å². The van der Waals surface area contributed by atoms with E-state index in [1.807, 2.05) is 43.3 Å². The average molecular weight is 555 g/mol. The molecule has 0 fully saturated rings. The number of carbonyl (C=O) groups excluding carboxylic acids is 2. The van der Waals surface area contributed by atoms with Gasteiger partial charge >= 0.3 is 0 Å². The van der Waals surface area contributed by atoms with Gasteiger partial charge in [0.2, 0.25) is 22.1 Å². The molecule has 2 aromatic heterocycles. The number of hydrogen-bond acceptors (Lipinski definition) is 9. The molecule has 0 saturated carbocycles. The summed E-state index contributed by atoms with van der Waals surface area (Å²) in [5.41, 5.74) is 2.45. The summed E-state index contributed by atoms with van der Waals surface area (Å²) in [4.78, 5) is 24.6. The van der Waals surface area contributed by atoms with Crippen molar-refractivity contribution in [2.45, 2.75) is 45.4 Å². The quantitative estimate of drug-likeness (QED) is 0.190. The van der Waals surface area contributed by atoms with Gasteiger partial charge in [-0.2, -0.15) is 0 Å². The lowest BCUT2D eigenvalue weighted by atomic mass is 10.1. The molecule has 37 heavy (non-hydrogen) atoms. The Bertz CT molecular complexity index is 1380. The summed E-state index contributed by atoms with van der Waals surface area (Å²) < 4.78 is 0. The number of aryl methyl sites for hydroxylation is 3. The van der Waals surface area contributed by atoms with Crippen molar-refractivity contribution < 1.29 is 14.7 Å². The molecule has 1 unspecified atom stereocenters. The summed E-state index contributed by atoms with van der Waals surface area (Å²) in [5, 5.41) is 35.5. The van der Waals surface area contributed by atoms with Crippen LogP contribution in [-0.2, 0) is 35.3 Å². The van der Waals surface area contributed by atoms with E-state index >= 15 is 0 Å². The van der Waals surface area contributed by atoms with Gasteiger partial charge in [-0.1, -0.05) is 65.1 Å². The summed E-state index contributed by atoms with van der Waals surface area (Å²) in [6.45, 7) is 1.81. The Hall–Kier alpha value is -3.27. The van der Waals surface area contributed by atoms with Crippen LogP contribution in [0.2, 0.25) is 0 Å². The zero-order valence-electron chi connectivity index (χ0n) is 20.2. The van der Waals surface area contributed by atoms with Crippen LogP contribution in [0.1, 0.15) is 39.5 Å². The van der Waals surface area contributed by atoms with Crippen molar-refractivity contribution in [3.63, 3.8) is 0 Å². The first kappa shape index (κ1) is 26.8. The number of nitrogens with zero attached hydrogens (tertiary/aromatic N) is 4. The second kappa shape index (κ2) is 12.8. The topological polar surface area (TPSA) is 130 Å². The molecule has 3 N–H and O–H groups in total. The molecule has 0 aliphatic heterocycles. The van der Waals surface area contributed by atoms with Gasteiger partial charge in [-0.05, 0) is 36.5 Å². The molecule has 1 atom stereocenters. The van der Waals surface area contributed by atoms with Gasteiger partial charge in [0.15, 0.2) is 0 Å². The van der Waals surface area contributed by atoms with Crippen molar-refractivity contribution >= 4 is 59.3 Å². The molecule has 0 bridgehead atoms. The molecule has 2 aromatic carbocycles. The van der Waals surface area contributed by atoms with E-state index in [-0.39, 0.29) is 24.0 Å². The maximum absolute atomic E-state index is 12.4. The fraction of sp³-hybridized carbons (Fsp3) is 0.280. The molecule has 0 aliphatic carbocycles. The van der Waals surface area contributed by atoms with E-state index in [9.17, 15) is 14.7 Å². The Kier molecular flexibility index (Phi) is 9.27. The number of carbonyl (C=O) groups is 2. The molecule has 0 aliphatic rings. The zero-order valence-corrected chi connectivity index (χ0v) is 23.0. The van der Waals surface area contributed by atoms with Crippen molar-refractivity contribution in [2.75, 3.05) is 10.6 Å². The molecule has 0 saturated heterocycles. The van der Waals surface area contributed by atoms with Gasteiger partial charge in [0.25, 0.3) is 0 Å². The van der Waals surface area contributed by atoms with Crippen LogP contribution in [0.4, 0.5) is 10.3 Å². The second-order valence-electron chi connectivity index (χ2n) is 8.45. The third kappa shape index (κ3) is 7.85. The molecule has 192 valence electrons. The van der Waals surface area contributed by atoms with E-state index in [0.29, 0.717) is 22.0 Å². The van der Waals surface area contributed by atoms with Crippen molar-refractivity contribution in [3.8, 4) is 5.75 Å². The standard InChI is InChI=1S/C25H27N6O3PS2/c1-15-11-12-17(23(35)22(15)34)14-19(33)27-25-31-29-21(37-25)10-6-5-9-20-28-30-24(36-20)26-18(32)13-16-7-3-2-4-8-16/h2-4,7-8,11-12,34H,5-6,9-10,13-14,35H2,1H3,(H,26,30,32)(H,27,31,33). The number of rotatable bonds is 11. The Balaban J connectivity index is 1.17. The first-order chi connectivity index (χ1) is 17.9. The van der Waals surface area contributed by atoms with Crippen LogP contribution in [-0.4, -0.2) is 37.3 Å². The van der Waals surface area contributed by atoms with Gasteiger partial charge in [-0.3, -0.25) is 9.59 Å². The number of nitrogens with one attached hydrogen (secondary N) is 2. The minimum absolute atomic E-state index is 0.112. The Morgan fingerprint density at radius 3 is 2.00 bits per heavy atom. The number of unbranched alkanes of at least 4 members (excludes halogenated alkanes) is 1. The molecule has 9 nitrogen and oxygen atoms in total. The van der Waals surface area contributed by atoms with E-state index < -0.39 is 0 Å². The van der Waals surface area contributed by atoms with Crippen molar-refractivity contribution in [3.05, 3.63) is 69.2 Å². The highest BCUT2D eigenvalue weighted by Gasteiger charge is 2.13. The lowest BCUT2D eigenvalue weighted by Crippen LogP contribution is -2.17. The number of aromatic nitrogens is 4. The third-order valence-corrected chi connectivity index (χ3v) is 7.97. The molecule has 0 spiro atoms. The Labute approximate surface area is 225 Å². The number of amides is 2. The van der Waals surface area contributed by atoms with Crippen LogP contribution >= 0.6 is 31.9 Å². The highest BCUT2D eigenvalue weighted by Crippen LogP contribution is 2.22. The van der Waals surface area contributed by atoms with Crippen LogP contribution in [0, 0.1) is 6.92 Å². The van der Waals surface area contributed by atoms with Gasteiger partial charge < -0.3 is 15.7 Å². The normalized spacial score (nSPS) is 10.9.